The molecule has 0 bridgehead atoms. The second-order valence-corrected chi connectivity index (χ2v) is 9.23. The lowest BCUT2D eigenvalue weighted by Crippen LogP contribution is -2.54. The van der Waals surface area contributed by atoms with Gasteiger partial charge in [-0.25, -0.2) is 0 Å². The Morgan fingerprint density at radius 1 is 1.23 bits per heavy atom. The molecule has 3 aliphatic rings. The Bertz CT molecular complexity index is 663. The maximum Gasteiger partial charge on any atom is 0.190 e. The van der Waals surface area contributed by atoms with Gasteiger partial charge < -0.3 is 15.0 Å². The van der Waals surface area contributed by atoms with Crippen LogP contribution >= 0.6 is 0 Å². The largest absolute Gasteiger partial charge is 0.388 e. The molecule has 0 aromatic heterocycles. The van der Waals surface area contributed by atoms with Crippen molar-refractivity contribution in [3.8, 4) is 0 Å². The number of Topliss-reactive ketones (excluding diaryl/α,β-unsaturated/α-hetero) is 1. The molecule has 26 heavy (non-hydrogen) atoms. The van der Waals surface area contributed by atoms with Gasteiger partial charge in [-0.3, -0.25) is 9.59 Å². The van der Waals surface area contributed by atoms with E-state index in [2.05, 4.69) is 6.92 Å². The third kappa shape index (κ3) is 2.55. The Labute approximate surface area is 154 Å². The molecule has 2 saturated carbocycles. The van der Waals surface area contributed by atoms with Crippen molar-refractivity contribution >= 4 is 17.9 Å². The Kier molecular flexibility index (Phi) is 4.77. The van der Waals surface area contributed by atoms with E-state index in [0.717, 1.165) is 24.7 Å². The van der Waals surface area contributed by atoms with Gasteiger partial charge in [0.05, 0.1) is 0 Å². The normalized spacial score (nSPS) is 42.1. The summed E-state index contributed by atoms with van der Waals surface area (Å²) < 4.78 is 0. The van der Waals surface area contributed by atoms with Crippen molar-refractivity contribution in [1.29, 1.82) is 0 Å². The lowest BCUT2D eigenvalue weighted by Gasteiger charge is -2.52. The number of allylic oxidation sites excluding steroid dienone is 2. The van der Waals surface area contributed by atoms with E-state index in [4.69, 9.17) is 0 Å². The van der Waals surface area contributed by atoms with Crippen LogP contribution in [0.4, 0.5) is 0 Å². The van der Waals surface area contributed by atoms with Crippen LogP contribution in [0.2, 0.25) is 0 Å². The highest BCUT2D eigenvalue weighted by atomic mass is 16.3. The van der Waals surface area contributed by atoms with Gasteiger partial charge in [-0.1, -0.05) is 26.3 Å². The zero-order valence-electron chi connectivity index (χ0n) is 16.0. The minimum Gasteiger partial charge on any atom is -0.388 e. The molecule has 5 atom stereocenters. The summed E-state index contributed by atoms with van der Waals surface area (Å²) in [5.74, 6) is -0.512. The number of aliphatic hydroxyl groups is 2. The van der Waals surface area contributed by atoms with Gasteiger partial charge in [-0.2, -0.15) is 0 Å². The highest BCUT2D eigenvalue weighted by Gasteiger charge is 2.61. The molecule has 0 amide bonds. The Balaban J connectivity index is 1.95. The van der Waals surface area contributed by atoms with Crippen LogP contribution in [-0.2, 0) is 14.4 Å². The first kappa shape index (κ1) is 19.4. The summed E-state index contributed by atoms with van der Waals surface area (Å²) in [5.41, 5.74) is -1.48. The smallest absolute Gasteiger partial charge is 0.190 e. The van der Waals surface area contributed by atoms with Gasteiger partial charge in [-0.05, 0) is 55.4 Å². The Morgan fingerprint density at radius 2 is 1.92 bits per heavy atom. The molecule has 2 N–H and O–H groups in total. The second-order valence-electron chi connectivity index (χ2n) is 9.23. The topological polar surface area (TPSA) is 91.7 Å². The summed E-state index contributed by atoms with van der Waals surface area (Å²) in [7, 11) is 0. The Morgan fingerprint density at radius 3 is 2.54 bits per heavy atom. The number of hydrogen-bond acceptors (Lipinski definition) is 5. The predicted octanol–water partition coefficient (Wildman–Crippen LogP) is 2.24. The number of carbonyl (C=O) groups is 3. The zero-order chi connectivity index (χ0) is 19.3. The van der Waals surface area contributed by atoms with Gasteiger partial charge in [0.1, 0.15) is 18.5 Å². The number of aliphatic hydroxyl groups excluding tert-OH is 1. The Hall–Kier alpha value is -1.33. The number of hydrogen-bond donors (Lipinski definition) is 2. The average Bonchev–Trinajstić information content (AvgIpc) is 2.84. The molecule has 0 saturated heterocycles. The lowest BCUT2D eigenvalue weighted by molar-refractivity contribution is -0.154. The van der Waals surface area contributed by atoms with Gasteiger partial charge in [0.25, 0.3) is 0 Å². The molecule has 0 spiro atoms. The van der Waals surface area contributed by atoms with Crippen LogP contribution in [0.25, 0.3) is 0 Å². The molecule has 0 aliphatic heterocycles. The van der Waals surface area contributed by atoms with Crippen LogP contribution in [0.3, 0.4) is 0 Å². The summed E-state index contributed by atoms with van der Waals surface area (Å²) >= 11 is 0. The second kappa shape index (κ2) is 6.38. The summed E-state index contributed by atoms with van der Waals surface area (Å²) in [6.07, 6.45) is 6.49. The van der Waals surface area contributed by atoms with Crippen LogP contribution in [-0.4, -0.2) is 40.3 Å². The van der Waals surface area contributed by atoms with Gasteiger partial charge >= 0.3 is 0 Å². The summed E-state index contributed by atoms with van der Waals surface area (Å²) in [6, 6.07) is 0. The molecule has 5 heteroatoms. The molecular formula is C21H30O5. The van der Waals surface area contributed by atoms with Gasteiger partial charge in [0.15, 0.2) is 11.6 Å². The maximum absolute atomic E-state index is 12.2. The number of ketones is 2. The minimum absolute atomic E-state index is 0.0224. The summed E-state index contributed by atoms with van der Waals surface area (Å²) in [4.78, 5) is 36.2. The van der Waals surface area contributed by atoms with E-state index in [0.29, 0.717) is 25.7 Å². The lowest BCUT2D eigenvalue weighted by atomic mass is 9.52. The van der Waals surface area contributed by atoms with Crippen molar-refractivity contribution in [2.45, 2.75) is 64.9 Å². The predicted molar refractivity (Wildman–Crippen MR) is 96.3 cm³/mol. The van der Waals surface area contributed by atoms with Crippen molar-refractivity contribution in [3.05, 3.63) is 11.6 Å². The molecule has 5 nitrogen and oxygen atoms in total. The van der Waals surface area contributed by atoms with E-state index in [1.807, 2.05) is 13.8 Å². The standard InChI is InChI=1S/C21H30O5/c1-19(2)16(7-9-21(19,26)18(25)12-23)15-5-4-13-10-14(24)6-8-20(13,3)17(15)11-22/h10-11,15-17,23,26H,4-9,12H2,1-3H3/t15?,16?,17?,20?,21-/m0/s1. The molecule has 0 aromatic carbocycles. The number of fused-ring (bicyclic) bond motifs is 1. The first-order chi connectivity index (χ1) is 12.1. The van der Waals surface area contributed by atoms with Crippen molar-refractivity contribution in [2.75, 3.05) is 6.61 Å². The van der Waals surface area contributed by atoms with E-state index in [9.17, 15) is 24.6 Å². The number of rotatable bonds is 4. The SMILES string of the molecule is CC12CCC(=O)C=C1CCC(C1CC[C@](O)(C(=O)CO)C1(C)C)C2C=O. The molecule has 144 valence electrons. The van der Waals surface area contributed by atoms with E-state index in [1.165, 1.54) is 0 Å². The van der Waals surface area contributed by atoms with Crippen LogP contribution in [0.15, 0.2) is 11.6 Å². The quantitative estimate of drug-likeness (QED) is 0.748. The minimum atomic E-state index is -1.54. The summed E-state index contributed by atoms with van der Waals surface area (Å²) in [5, 5.41) is 20.3. The highest BCUT2D eigenvalue weighted by Crippen LogP contribution is 2.61. The van der Waals surface area contributed by atoms with E-state index in [1.54, 1.807) is 6.08 Å². The fraction of sp³-hybridized carbons (Fsp3) is 0.762. The zero-order valence-corrected chi connectivity index (χ0v) is 16.0. The molecular weight excluding hydrogens is 332 g/mol. The fourth-order valence-electron chi connectivity index (χ4n) is 6.12. The van der Waals surface area contributed by atoms with Gasteiger partial charge in [0.2, 0.25) is 0 Å². The molecule has 0 aromatic rings. The van der Waals surface area contributed by atoms with Crippen LogP contribution in [0.1, 0.15) is 59.3 Å². The van der Waals surface area contributed by atoms with Crippen molar-refractivity contribution in [3.63, 3.8) is 0 Å². The van der Waals surface area contributed by atoms with E-state index < -0.39 is 23.4 Å². The van der Waals surface area contributed by atoms with Crippen LogP contribution < -0.4 is 0 Å². The molecule has 4 unspecified atom stereocenters. The fourth-order valence-corrected chi connectivity index (χ4v) is 6.12. The maximum atomic E-state index is 12.2. The van der Waals surface area contributed by atoms with E-state index in [-0.39, 0.29) is 29.0 Å². The highest BCUT2D eigenvalue weighted by molar-refractivity contribution is 5.92. The third-order valence-electron chi connectivity index (χ3n) is 7.98. The molecule has 3 aliphatic carbocycles. The number of aldehydes is 1. The number of carbonyl (C=O) groups excluding carboxylic acids is 3. The molecule has 3 rings (SSSR count). The van der Waals surface area contributed by atoms with Crippen molar-refractivity contribution < 1.29 is 24.6 Å². The van der Waals surface area contributed by atoms with Gasteiger partial charge in [-0.15, -0.1) is 0 Å². The van der Waals surface area contributed by atoms with Crippen molar-refractivity contribution in [1.82, 2.24) is 0 Å². The molecule has 2 fully saturated rings. The molecule has 0 radical (unpaired) electrons. The van der Waals surface area contributed by atoms with Crippen LogP contribution in [0.5, 0.6) is 0 Å². The van der Waals surface area contributed by atoms with Crippen LogP contribution in [0, 0.1) is 28.6 Å². The first-order valence-corrected chi connectivity index (χ1v) is 9.67. The van der Waals surface area contributed by atoms with Gasteiger partial charge in [0, 0.05) is 17.8 Å². The van der Waals surface area contributed by atoms with Crippen molar-refractivity contribution in [2.24, 2.45) is 28.6 Å². The summed E-state index contributed by atoms with van der Waals surface area (Å²) in [6.45, 7) is 5.20. The third-order valence-corrected chi connectivity index (χ3v) is 7.98. The monoisotopic (exact) mass is 362 g/mol. The molecule has 0 heterocycles. The average molecular weight is 362 g/mol. The van der Waals surface area contributed by atoms with E-state index >= 15 is 0 Å². The first-order valence-electron chi connectivity index (χ1n) is 9.67.